The maximum Gasteiger partial charge on any atom is 0.325 e. The zero-order valence-electron chi connectivity index (χ0n) is 18.2. The molecule has 11 heteroatoms. The molecule has 0 aliphatic rings. The van der Waals surface area contributed by atoms with Crippen LogP contribution < -0.4 is 11.1 Å². The number of carbonyl (C=O) groups is 4. The molecule has 0 radical (unpaired) electrons. The van der Waals surface area contributed by atoms with E-state index in [-0.39, 0.29) is 52.4 Å². The van der Waals surface area contributed by atoms with Gasteiger partial charge in [-0.15, -0.1) is 0 Å². The van der Waals surface area contributed by atoms with Crippen molar-refractivity contribution in [3.8, 4) is 0 Å². The Labute approximate surface area is 176 Å². The van der Waals surface area contributed by atoms with Crippen molar-refractivity contribution >= 4 is 23.8 Å². The fraction of sp³-hybridized carbons (Fsp3) is 0.789. The van der Waals surface area contributed by atoms with Gasteiger partial charge in [-0.05, 0) is 27.7 Å². The fourth-order valence-corrected chi connectivity index (χ4v) is 1.96. The lowest BCUT2D eigenvalue weighted by Gasteiger charge is -2.32. The first-order valence-corrected chi connectivity index (χ1v) is 9.64. The molecule has 0 heterocycles. The first-order chi connectivity index (χ1) is 13.9. The van der Waals surface area contributed by atoms with E-state index in [2.05, 4.69) is 5.32 Å². The van der Waals surface area contributed by atoms with Gasteiger partial charge in [0.15, 0.2) is 0 Å². The largest absolute Gasteiger partial charge is 0.481 e. The molecule has 0 unspecified atom stereocenters. The Balaban J connectivity index is 4.04. The molecular formula is C19H34N2O9. The summed E-state index contributed by atoms with van der Waals surface area (Å²) in [5, 5.41) is 10.8. The van der Waals surface area contributed by atoms with Crippen LogP contribution in [0.4, 0.5) is 0 Å². The summed E-state index contributed by atoms with van der Waals surface area (Å²) in [6.45, 7) is 7.51. The van der Waals surface area contributed by atoms with Gasteiger partial charge in [0.05, 0.1) is 44.0 Å². The van der Waals surface area contributed by atoms with E-state index in [4.69, 9.17) is 29.8 Å². The summed E-state index contributed by atoms with van der Waals surface area (Å²) in [5.41, 5.74) is 3.92. The maximum absolute atomic E-state index is 11.6. The Morgan fingerprint density at radius 3 is 2.10 bits per heavy atom. The van der Waals surface area contributed by atoms with Crippen molar-refractivity contribution in [2.24, 2.45) is 5.73 Å². The fourth-order valence-electron chi connectivity index (χ4n) is 1.96. The van der Waals surface area contributed by atoms with Gasteiger partial charge in [-0.25, -0.2) is 0 Å². The Kier molecular flexibility index (Phi) is 12.8. The molecule has 0 aromatic rings. The zero-order chi connectivity index (χ0) is 23.2. The van der Waals surface area contributed by atoms with E-state index < -0.39 is 35.0 Å². The molecule has 1 amide bonds. The molecule has 30 heavy (non-hydrogen) atoms. The molecule has 0 rings (SSSR count). The second kappa shape index (κ2) is 13.9. The molecule has 0 aliphatic carbocycles. The molecular weight excluding hydrogens is 400 g/mol. The number of hydrogen-bond donors (Lipinski definition) is 3. The summed E-state index contributed by atoms with van der Waals surface area (Å²) in [4.78, 5) is 44.4. The predicted octanol–water partition coefficient (Wildman–Crippen LogP) is -0.00700. The van der Waals surface area contributed by atoms with E-state index >= 15 is 0 Å². The van der Waals surface area contributed by atoms with E-state index in [9.17, 15) is 19.2 Å². The van der Waals surface area contributed by atoms with E-state index in [1.165, 1.54) is 0 Å². The van der Waals surface area contributed by atoms with Crippen LogP contribution in [0, 0.1) is 0 Å². The Morgan fingerprint density at radius 1 is 0.867 bits per heavy atom. The number of carbonyl (C=O) groups excluding carboxylic acids is 3. The van der Waals surface area contributed by atoms with Gasteiger partial charge in [0, 0.05) is 12.8 Å². The molecule has 0 saturated carbocycles. The number of hydrogen-bond acceptors (Lipinski definition) is 9. The van der Waals surface area contributed by atoms with Crippen LogP contribution >= 0.6 is 0 Å². The highest BCUT2D eigenvalue weighted by atomic mass is 16.6. The monoisotopic (exact) mass is 434 g/mol. The van der Waals surface area contributed by atoms with Crippen LogP contribution in [0.2, 0.25) is 0 Å². The first-order valence-electron chi connectivity index (χ1n) is 9.64. The maximum atomic E-state index is 11.6. The standard InChI is InChI=1S/C19H34N2O9/c1-18(2,30-13-19(3,4)29-10-9-28-16(25)11-20)7-8-27-17(26)12-21-14(22)5-6-15(23)24/h5-13,20H2,1-4H3,(H,21,22)(H,23,24). The SMILES string of the molecule is CC(C)(CCOC(=O)CNC(=O)CCC(=O)O)OCC(C)(C)OCCOC(=O)CN. The van der Waals surface area contributed by atoms with Crippen molar-refractivity contribution in [2.45, 2.75) is 58.2 Å². The van der Waals surface area contributed by atoms with Crippen LogP contribution in [0.25, 0.3) is 0 Å². The average molecular weight is 434 g/mol. The molecule has 0 aromatic heterocycles. The third kappa shape index (κ3) is 15.7. The average Bonchev–Trinajstić information content (AvgIpc) is 2.66. The van der Waals surface area contributed by atoms with Gasteiger partial charge in [-0.2, -0.15) is 0 Å². The van der Waals surface area contributed by atoms with Crippen molar-refractivity contribution in [3.05, 3.63) is 0 Å². The lowest BCUT2D eigenvalue weighted by atomic mass is 10.0. The second-order valence-electron chi connectivity index (χ2n) is 7.72. The molecule has 0 spiro atoms. The molecule has 174 valence electrons. The molecule has 4 N–H and O–H groups in total. The third-order valence-electron chi connectivity index (χ3n) is 3.78. The first kappa shape index (κ1) is 27.8. The van der Waals surface area contributed by atoms with Gasteiger partial charge in [0.1, 0.15) is 13.2 Å². The van der Waals surface area contributed by atoms with Crippen LogP contribution in [0.5, 0.6) is 0 Å². The van der Waals surface area contributed by atoms with Crippen LogP contribution in [0.1, 0.15) is 47.0 Å². The van der Waals surface area contributed by atoms with E-state index in [1.54, 1.807) is 0 Å². The Bertz CT molecular complexity index is 576. The second-order valence-corrected chi connectivity index (χ2v) is 7.72. The highest BCUT2D eigenvalue weighted by Crippen LogP contribution is 2.19. The van der Waals surface area contributed by atoms with Gasteiger partial charge in [0.25, 0.3) is 0 Å². The minimum atomic E-state index is -1.08. The van der Waals surface area contributed by atoms with Crippen LogP contribution in [-0.2, 0) is 38.1 Å². The number of esters is 2. The highest BCUT2D eigenvalue weighted by Gasteiger charge is 2.26. The normalized spacial score (nSPS) is 11.6. The summed E-state index contributed by atoms with van der Waals surface area (Å²) in [7, 11) is 0. The van der Waals surface area contributed by atoms with Crippen molar-refractivity contribution in [3.63, 3.8) is 0 Å². The quantitative estimate of drug-likeness (QED) is 0.222. The number of nitrogens with two attached hydrogens (primary N) is 1. The topological polar surface area (TPSA) is 163 Å². The number of carboxylic acids is 1. The number of aliphatic carboxylic acids is 1. The summed E-state index contributed by atoms with van der Waals surface area (Å²) < 4.78 is 21.4. The van der Waals surface area contributed by atoms with Crippen molar-refractivity contribution in [1.29, 1.82) is 0 Å². The molecule has 0 saturated heterocycles. The lowest BCUT2D eigenvalue weighted by molar-refractivity contribution is -0.153. The number of nitrogens with one attached hydrogen (secondary N) is 1. The predicted molar refractivity (Wildman–Crippen MR) is 106 cm³/mol. The van der Waals surface area contributed by atoms with Gasteiger partial charge < -0.3 is 35.1 Å². The Hall–Kier alpha value is -2.24. The van der Waals surface area contributed by atoms with Crippen molar-refractivity contribution in [1.82, 2.24) is 5.32 Å². The van der Waals surface area contributed by atoms with Crippen molar-refractivity contribution < 1.29 is 43.2 Å². The zero-order valence-corrected chi connectivity index (χ0v) is 18.2. The van der Waals surface area contributed by atoms with E-state index in [1.807, 2.05) is 27.7 Å². The van der Waals surface area contributed by atoms with Crippen LogP contribution in [0.15, 0.2) is 0 Å². The summed E-state index contributed by atoms with van der Waals surface area (Å²) in [5.74, 6) is -2.73. The lowest BCUT2D eigenvalue weighted by Crippen LogP contribution is -2.38. The third-order valence-corrected chi connectivity index (χ3v) is 3.78. The minimum Gasteiger partial charge on any atom is -0.481 e. The number of carboxylic acid groups (broad SMARTS) is 1. The van der Waals surface area contributed by atoms with Gasteiger partial charge in [-0.3, -0.25) is 19.2 Å². The summed E-state index contributed by atoms with van der Waals surface area (Å²) in [6.07, 6.45) is -0.0853. The van der Waals surface area contributed by atoms with Gasteiger partial charge in [0.2, 0.25) is 5.91 Å². The molecule has 0 bridgehead atoms. The Morgan fingerprint density at radius 2 is 1.50 bits per heavy atom. The molecule has 0 fully saturated rings. The van der Waals surface area contributed by atoms with Crippen LogP contribution in [-0.4, -0.2) is 79.6 Å². The number of amides is 1. The highest BCUT2D eigenvalue weighted by molar-refractivity contribution is 5.84. The van der Waals surface area contributed by atoms with Crippen molar-refractivity contribution in [2.75, 3.05) is 39.5 Å². The smallest absolute Gasteiger partial charge is 0.325 e. The van der Waals surface area contributed by atoms with E-state index in [0.29, 0.717) is 6.42 Å². The molecule has 11 nitrogen and oxygen atoms in total. The van der Waals surface area contributed by atoms with Crippen LogP contribution in [0.3, 0.4) is 0 Å². The van der Waals surface area contributed by atoms with Gasteiger partial charge in [-0.1, -0.05) is 0 Å². The van der Waals surface area contributed by atoms with Gasteiger partial charge >= 0.3 is 17.9 Å². The van der Waals surface area contributed by atoms with E-state index in [0.717, 1.165) is 0 Å². The molecule has 0 atom stereocenters. The number of ether oxygens (including phenoxy) is 4. The minimum absolute atomic E-state index is 0.0904. The summed E-state index contributed by atoms with van der Waals surface area (Å²) in [6, 6.07) is 0. The molecule has 0 aliphatic heterocycles. The summed E-state index contributed by atoms with van der Waals surface area (Å²) >= 11 is 0. The number of rotatable bonds is 16. The molecule has 0 aromatic carbocycles.